The normalized spacial score (nSPS) is 13.8. The zero-order chi connectivity index (χ0) is 19.8. The summed E-state index contributed by atoms with van der Waals surface area (Å²) in [6.07, 6.45) is 4.17. The van der Waals surface area contributed by atoms with Gasteiger partial charge < -0.3 is 15.0 Å². The molecule has 2 amide bonds. The number of anilines is 1. The number of nitrogens with zero attached hydrogens (tertiary/aromatic N) is 1. The third kappa shape index (κ3) is 5.12. The highest BCUT2D eigenvalue weighted by atomic mass is 16.5. The number of nitrogens with one attached hydrogen (secondary N) is 1. The molecule has 0 spiro atoms. The number of hydrogen-bond acceptors (Lipinski definition) is 3. The molecule has 0 radical (unpaired) electrons. The molecule has 1 aliphatic heterocycles. The quantitative estimate of drug-likeness (QED) is 0.780. The molecule has 1 aliphatic rings. The average molecular weight is 380 g/mol. The largest absolute Gasteiger partial charge is 0.494 e. The van der Waals surface area contributed by atoms with Crippen LogP contribution >= 0.6 is 0 Å². The van der Waals surface area contributed by atoms with Crippen molar-refractivity contribution in [2.24, 2.45) is 0 Å². The first-order chi connectivity index (χ1) is 13.7. The summed E-state index contributed by atoms with van der Waals surface area (Å²) in [5.41, 5.74) is 2.16. The fourth-order valence-corrected chi connectivity index (χ4v) is 3.51. The lowest BCUT2D eigenvalue weighted by Crippen LogP contribution is -2.36. The van der Waals surface area contributed by atoms with Crippen LogP contribution in [0.4, 0.5) is 5.69 Å². The number of aryl methyl sites for hydroxylation is 1. The van der Waals surface area contributed by atoms with Gasteiger partial charge in [-0.3, -0.25) is 9.59 Å². The summed E-state index contributed by atoms with van der Waals surface area (Å²) in [6, 6.07) is 15.0. The molecule has 1 fully saturated rings. The molecule has 1 saturated heterocycles. The molecule has 148 valence electrons. The Morgan fingerprint density at radius 1 is 1.00 bits per heavy atom. The summed E-state index contributed by atoms with van der Waals surface area (Å²) < 4.78 is 5.62. The number of carbonyl (C=O) groups is 2. The molecule has 0 aromatic heterocycles. The van der Waals surface area contributed by atoms with E-state index in [4.69, 9.17) is 4.74 Å². The molecule has 28 heavy (non-hydrogen) atoms. The standard InChI is InChI=1S/C23H28N2O3/c1-2-28-21-13-7-4-10-18(21)14-15-22(26)24-20-12-6-5-11-19(20)23(27)25-16-8-3-9-17-25/h4-7,10-13H,2-3,8-9,14-17H2,1H3,(H,24,26). The first-order valence-corrected chi connectivity index (χ1v) is 10.1. The van der Waals surface area contributed by atoms with Crippen LogP contribution in [0.3, 0.4) is 0 Å². The Bertz CT molecular complexity index is 813. The molecule has 3 rings (SSSR count). The van der Waals surface area contributed by atoms with Crippen LogP contribution in [0.15, 0.2) is 48.5 Å². The number of amides is 2. The Morgan fingerprint density at radius 2 is 1.71 bits per heavy atom. The van der Waals surface area contributed by atoms with Crippen molar-refractivity contribution in [3.05, 3.63) is 59.7 Å². The highest BCUT2D eigenvalue weighted by molar-refractivity contribution is 6.03. The van der Waals surface area contributed by atoms with Crippen molar-refractivity contribution >= 4 is 17.5 Å². The number of piperidine rings is 1. The monoisotopic (exact) mass is 380 g/mol. The van der Waals surface area contributed by atoms with E-state index in [-0.39, 0.29) is 11.8 Å². The van der Waals surface area contributed by atoms with Gasteiger partial charge >= 0.3 is 0 Å². The van der Waals surface area contributed by atoms with Crippen LogP contribution in [0.25, 0.3) is 0 Å². The third-order valence-electron chi connectivity index (χ3n) is 4.97. The summed E-state index contributed by atoms with van der Waals surface area (Å²) in [4.78, 5) is 27.3. The van der Waals surface area contributed by atoms with Gasteiger partial charge in [-0.1, -0.05) is 30.3 Å². The van der Waals surface area contributed by atoms with Crippen LogP contribution in [-0.2, 0) is 11.2 Å². The highest BCUT2D eigenvalue weighted by Gasteiger charge is 2.21. The number of ether oxygens (including phenoxy) is 1. The van der Waals surface area contributed by atoms with Gasteiger partial charge in [0.15, 0.2) is 0 Å². The van der Waals surface area contributed by atoms with Crippen molar-refractivity contribution < 1.29 is 14.3 Å². The van der Waals surface area contributed by atoms with E-state index >= 15 is 0 Å². The van der Waals surface area contributed by atoms with Gasteiger partial charge in [0, 0.05) is 19.5 Å². The average Bonchev–Trinajstić information content (AvgIpc) is 2.74. The summed E-state index contributed by atoms with van der Waals surface area (Å²) >= 11 is 0. The highest BCUT2D eigenvalue weighted by Crippen LogP contribution is 2.22. The zero-order valence-corrected chi connectivity index (χ0v) is 16.4. The van der Waals surface area contributed by atoms with Crippen molar-refractivity contribution in [2.75, 3.05) is 25.0 Å². The van der Waals surface area contributed by atoms with Gasteiger partial charge in [-0.05, 0) is 56.4 Å². The second kappa shape index (κ2) is 9.93. The van der Waals surface area contributed by atoms with E-state index in [1.807, 2.05) is 48.2 Å². The second-order valence-corrected chi connectivity index (χ2v) is 6.99. The van der Waals surface area contributed by atoms with E-state index in [9.17, 15) is 9.59 Å². The number of likely N-dealkylation sites (tertiary alicyclic amines) is 1. The van der Waals surface area contributed by atoms with Gasteiger partial charge in [-0.2, -0.15) is 0 Å². The summed E-state index contributed by atoms with van der Waals surface area (Å²) in [5.74, 6) is 0.709. The molecule has 5 nitrogen and oxygen atoms in total. The van der Waals surface area contributed by atoms with Crippen LogP contribution in [-0.4, -0.2) is 36.4 Å². The van der Waals surface area contributed by atoms with Crippen LogP contribution in [0.5, 0.6) is 5.75 Å². The Kier molecular flexibility index (Phi) is 7.06. The maximum absolute atomic E-state index is 12.9. The van der Waals surface area contributed by atoms with Gasteiger partial charge in [-0.15, -0.1) is 0 Å². The lowest BCUT2D eigenvalue weighted by Gasteiger charge is -2.27. The first-order valence-electron chi connectivity index (χ1n) is 10.1. The molecule has 1 heterocycles. The first kappa shape index (κ1) is 19.9. The molecule has 5 heteroatoms. The number of hydrogen-bond donors (Lipinski definition) is 1. The number of carbonyl (C=O) groups excluding carboxylic acids is 2. The molecule has 0 aliphatic carbocycles. The van der Waals surface area contributed by atoms with E-state index in [1.54, 1.807) is 12.1 Å². The lowest BCUT2D eigenvalue weighted by atomic mass is 10.1. The number of para-hydroxylation sites is 2. The van der Waals surface area contributed by atoms with Gasteiger partial charge in [0.1, 0.15) is 5.75 Å². The van der Waals surface area contributed by atoms with Crippen molar-refractivity contribution in [1.82, 2.24) is 4.90 Å². The van der Waals surface area contributed by atoms with Crippen molar-refractivity contribution in [3.8, 4) is 5.75 Å². The maximum atomic E-state index is 12.9. The van der Waals surface area contributed by atoms with E-state index in [0.29, 0.717) is 30.7 Å². The van der Waals surface area contributed by atoms with Crippen LogP contribution < -0.4 is 10.1 Å². The maximum Gasteiger partial charge on any atom is 0.255 e. The molecule has 2 aromatic carbocycles. The molecule has 0 unspecified atom stereocenters. The van der Waals surface area contributed by atoms with Gasteiger partial charge in [0.05, 0.1) is 17.9 Å². The zero-order valence-electron chi connectivity index (χ0n) is 16.4. The van der Waals surface area contributed by atoms with Crippen LogP contribution in [0.1, 0.15) is 48.5 Å². The van der Waals surface area contributed by atoms with Crippen molar-refractivity contribution in [2.45, 2.75) is 39.0 Å². The predicted octanol–water partition coefficient (Wildman–Crippen LogP) is 4.28. The lowest BCUT2D eigenvalue weighted by molar-refractivity contribution is -0.116. The summed E-state index contributed by atoms with van der Waals surface area (Å²) in [5, 5.41) is 2.92. The van der Waals surface area contributed by atoms with Crippen LogP contribution in [0.2, 0.25) is 0 Å². The number of rotatable bonds is 7. The molecule has 2 aromatic rings. The van der Waals surface area contributed by atoms with E-state index in [0.717, 1.165) is 37.2 Å². The second-order valence-electron chi connectivity index (χ2n) is 6.99. The predicted molar refractivity (Wildman–Crippen MR) is 111 cm³/mol. The fraction of sp³-hybridized carbons (Fsp3) is 0.391. The molecule has 0 atom stereocenters. The Balaban J connectivity index is 1.64. The molecule has 0 bridgehead atoms. The van der Waals surface area contributed by atoms with E-state index < -0.39 is 0 Å². The minimum absolute atomic E-state index is 0.00251. The smallest absolute Gasteiger partial charge is 0.255 e. The van der Waals surface area contributed by atoms with Crippen LogP contribution in [0, 0.1) is 0 Å². The van der Waals surface area contributed by atoms with Crippen molar-refractivity contribution in [3.63, 3.8) is 0 Å². The van der Waals surface area contributed by atoms with Gasteiger partial charge in [0.2, 0.25) is 5.91 Å². The van der Waals surface area contributed by atoms with E-state index in [1.165, 1.54) is 6.42 Å². The molecular weight excluding hydrogens is 352 g/mol. The van der Waals surface area contributed by atoms with Crippen molar-refractivity contribution in [1.29, 1.82) is 0 Å². The Morgan fingerprint density at radius 3 is 2.50 bits per heavy atom. The summed E-state index contributed by atoms with van der Waals surface area (Å²) in [6.45, 7) is 4.11. The summed E-state index contributed by atoms with van der Waals surface area (Å²) in [7, 11) is 0. The minimum Gasteiger partial charge on any atom is -0.494 e. The molecule has 0 saturated carbocycles. The topological polar surface area (TPSA) is 58.6 Å². The Hall–Kier alpha value is -2.82. The fourth-order valence-electron chi connectivity index (χ4n) is 3.51. The van der Waals surface area contributed by atoms with E-state index in [2.05, 4.69) is 5.32 Å². The van der Waals surface area contributed by atoms with Gasteiger partial charge in [-0.25, -0.2) is 0 Å². The van der Waals surface area contributed by atoms with Gasteiger partial charge in [0.25, 0.3) is 5.91 Å². The number of benzene rings is 2. The SMILES string of the molecule is CCOc1ccccc1CCC(=O)Nc1ccccc1C(=O)N1CCCCC1. The minimum atomic E-state index is -0.106. The molecular formula is C23H28N2O3. The Labute approximate surface area is 166 Å². The molecule has 1 N–H and O–H groups in total. The third-order valence-corrected chi connectivity index (χ3v) is 4.97.